The molecule has 2 aromatic rings. The van der Waals surface area contributed by atoms with Crippen LogP contribution in [-0.2, 0) is 19.4 Å². The summed E-state index contributed by atoms with van der Waals surface area (Å²) in [5, 5.41) is 14.6. The minimum Gasteiger partial charge on any atom is -0.393 e. The Balaban J connectivity index is 1.90. The van der Waals surface area contributed by atoms with Gasteiger partial charge in [0.1, 0.15) is 0 Å². The van der Waals surface area contributed by atoms with Gasteiger partial charge in [0.15, 0.2) is 0 Å². The van der Waals surface area contributed by atoms with Gasteiger partial charge >= 0.3 is 0 Å². The zero-order valence-electron chi connectivity index (χ0n) is 12.6. The van der Waals surface area contributed by atoms with E-state index in [9.17, 15) is 5.11 Å². The molecule has 0 fully saturated rings. The highest BCUT2D eigenvalue weighted by molar-refractivity contribution is 5.22. The second kappa shape index (κ2) is 6.71. The molecule has 1 aromatic carbocycles. The van der Waals surface area contributed by atoms with Gasteiger partial charge in [0, 0.05) is 18.7 Å². The van der Waals surface area contributed by atoms with Crippen molar-refractivity contribution in [1.82, 2.24) is 9.78 Å². The largest absolute Gasteiger partial charge is 0.393 e. The van der Waals surface area contributed by atoms with E-state index >= 15 is 0 Å². The van der Waals surface area contributed by atoms with Gasteiger partial charge in [0.25, 0.3) is 0 Å². The van der Waals surface area contributed by atoms with Crippen LogP contribution in [0.4, 0.5) is 0 Å². The minimum atomic E-state index is -0.308. The van der Waals surface area contributed by atoms with Gasteiger partial charge in [-0.25, -0.2) is 0 Å². The Morgan fingerprint density at radius 3 is 2.75 bits per heavy atom. The summed E-state index contributed by atoms with van der Waals surface area (Å²) in [6.45, 7) is 7.03. The average molecular weight is 272 g/mol. The molecule has 3 heteroatoms. The zero-order valence-corrected chi connectivity index (χ0v) is 12.6. The summed E-state index contributed by atoms with van der Waals surface area (Å²) >= 11 is 0. The van der Waals surface area contributed by atoms with E-state index in [4.69, 9.17) is 0 Å². The van der Waals surface area contributed by atoms with Gasteiger partial charge in [-0.3, -0.25) is 4.68 Å². The molecule has 0 radical (unpaired) electrons. The first-order chi connectivity index (χ1) is 9.58. The highest BCUT2D eigenvalue weighted by atomic mass is 16.3. The predicted octanol–water partition coefficient (Wildman–Crippen LogP) is 3.06. The van der Waals surface area contributed by atoms with Crippen LogP contribution in [0.1, 0.15) is 35.9 Å². The van der Waals surface area contributed by atoms with Gasteiger partial charge in [0.05, 0.1) is 11.8 Å². The quantitative estimate of drug-likeness (QED) is 0.877. The van der Waals surface area contributed by atoms with Gasteiger partial charge in [0.2, 0.25) is 0 Å². The molecule has 1 N–H and O–H groups in total. The maximum absolute atomic E-state index is 10.2. The molecule has 2 rings (SSSR count). The molecule has 0 aliphatic heterocycles. The van der Waals surface area contributed by atoms with Crippen molar-refractivity contribution in [1.29, 1.82) is 0 Å². The second-order valence-electron chi connectivity index (χ2n) is 5.48. The topological polar surface area (TPSA) is 38.0 Å². The fraction of sp³-hybridized carbons (Fsp3) is 0.471. The molecule has 1 aromatic heterocycles. The summed E-state index contributed by atoms with van der Waals surface area (Å²) in [5.74, 6) is 0. The van der Waals surface area contributed by atoms with Crippen molar-refractivity contribution in [3.63, 3.8) is 0 Å². The first-order valence-electron chi connectivity index (χ1n) is 7.35. The summed E-state index contributed by atoms with van der Waals surface area (Å²) in [7, 11) is 0. The number of nitrogens with zero attached hydrogens (tertiary/aromatic N) is 2. The zero-order chi connectivity index (χ0) is 14.5. The normalized spacial score (nSPS) is 12.6. The first-order valence-corrected chi connectivity index (χ1v) is 7.35. The fourth-order valence-electron chi connectivity index (χ4n) is 2.58. The molecule has 0 saturated carbocycles. The smallest absolute Gasteiger partial charge is 0.0598 e. The third kappa shape index (κ3) is 3.94. The van der Waals surface area contributed by atoms with Gasteiger partial charge in [-0.05, 0) is 45.2 Å². The highest BCUT2D eigenvalue weighted by Crippen LogP contribution is 2.12. The molecule has 0 spiro atoms. The Bertz CT molecular complexity index is 560. The molecule has 0 amide bonds. The molecule has 1 heterocycles. The van der Waals surface area contributed by atoms with Crippen molar-refractivity contribution in [2.75, 3.05) is 0 Å². The standard InChI is InChI=1S/C17H24N2O/c1-4-19-16(11-14(3)18-19)12-17(20)9-8-15-7-5-6-13(2)10-15/h5-7,10-11,17,20H,4,8-9,12H2,1-3H3. The summed E-state index contributed by atoms with van der Waals surface area (Å²) in [6.07, 6.45) is 2.08. The van der Waals surface area contributed by atoms with E-state index < -0.39 is 0 Å². The summed E-state index contributed by atoms with van der Waals surface area (Å²) in [5.41, 5.74) is 4.72. The molecule has 0 aliphatic rings. The van der Waals surface area contributed by atoms with E-state index in [1.807, 2.05) is 11.6 Å². The summed E-state index contributed by atoms with van der Waals surface area (Å²) in [6, 6.07) is 10.6. The molecule has 0 aliphatic carbocycles. The van der Waals surface area contributed by atoms with E-state index in [1.165, 1.54) is 11.1 Å². The summed E-state index contributed by atoms with van der Waals surface area (Å²) in [4.78, 5) is 0. The maximum atomic E-state index is 10.2. The summed E-state index contributed by atoms with van der Waals surface area (Å²) < 4.78 is 1.98. The molecule has 1 atom stereocenters. The Morgan fingerprint density at radius 2 is 2.05 bits per heavy atom. The Hall–Kier alpha value is -1.61. The van der Waals surface area contributed by atoms with Gasteiger partial charge in [-0.2, -0.15) is 5.10 Å². The SMILES string of the molecule is CCn1nc(C)cc1CC(O)CCc1cccc(C)c1. The molecule has 1 unspecified atom stereocenters. The molecule has 20 heavy (non-hydrogen) atoms. The number of benzene rings is 1. The monoisotopic (exact) mass is 272 g/mol. The van der Waals surface area contributed by atoms with Crippen LogP contribution >= 0.6 is 0 Å². The van der Waals surface area contributed by atoms with Crippen LogP contribution in [0.5, 0.6) is 0 Å². The second-order valence-corrected chi connectivity index (χ2v) is 5.48. The molecular formula is C17H24N2O. The van der Waals surface area contributed by atoms with Crippen LogP contribution in [-0.4, -0.2) is 21.0 Å². The number of hydrogen-bond acceptors (Lipinski definition) is 2. The number of aliphatic hydroxyl groups is 1. The molecule has 108 valence electrons. The van der Waals surface area contributed by atoms with Crippen molar-refractivity contribution in [3.05, 3.63) is 52.8 Å². The predicted molar refractivity (Wildman–Crippen MR) is 81.8 cm³/mol. The van der Waals surface area contributed by atoms with Crippen LogP contribution in [0.15, 0.2) is 30.3 Å². The van der Waals surface area contributed by atoms with E-state index in [0.717, 1.165) is 30.8 Å². The van der Waals surface area contributed by atoms with Crippen molar-refractivity contribution < 1.29 is 5.11 Å². The van der Waals surface area contributed by atoms with Crippen LogP contribution in [0, 0.1) is 13.8 Å². The first kappa shape index (κ1) is 14.8. The minimum absolute atomic E-state index is 0.308. The number of aromatic nitrogens is 2. The van der Waals surface area contributed by atoms with Gasteiger partial charge < -0.3 is 5.11 Å². The third-order valence-electron chi connectivity index (χ3n) is 3.58. The van der Waals surface area contributed by atoms with E-state index in [-0.39, 0.29) is 6.10 Å². The van der Waals surface area contributed by atoms with Gasteiger partial charge in [-0.15, -0.1) is 0 Å². The number of aliphatic hydroxyl groups excluding tert-OH is 1. The van der Waals surface area contributed by atoms with Crippen molar-refractivity contribution >= 4 is 0 Å². The van der Waals surface area contributed by atoms with Gasteiger partial charge in [-0.1, -0.05) is 29.8 Å². The third-order valence-corrected chi connectivity index (χ3v) is 3.58. The van der Waals surface area contributed by atoms with E-state index in [0.29, 0.717) is 6.42 Å². The molecule has 3 nitrogen and oxygen atoms in total. The number of aryl methyl sites for hydroxylation is 4. The lowest BCUT2D eigenvalue weighted by atomic mass is 10.0. The van der Waals surface area contributed by atoms with Crippen molar-refractivity contribution in [3.8, 4) is 0 Å². The van der Waals surface area contributed by atoms with Crippen LogP contribution < -0.4 is 0 Å². The van der Waals surface area contributed by atoms with Crippen molar-refractivity contribution in [2.24, 2.45) is 0 Å². The number of rotatable bonds is 6. The van der Waals surface area contributed by atoms with Crippen molar-refractivity contribution in [2.45, 2.75) is 52.7 Å². The Labute approximate surface area is 121 Å². The van der Waals surface area contributed by atoms with E-state index in [1.54, 1.807) is 0 Å². The maximum Gasteiger partial charge on any atom is 0.0598 e. The molecule has 0 saturated heterocycles. The van der Waals surface area contributed by atoms with E-state index in [2.05, 4.69) is 49.3 Å². The Kier molecular flexibility index (Phi) is 4.96. The van der Waals surface area contributed by atoms with Crippen LogP contribution in [0.3, 0.4) is 0 Å². The molecule has 0 bridgehead atoms. The average Bonchev–Trinajstić information content (AvgIpc) is 2.76. The lowest BCUT2D eigenvalue weighted by Crippen LogP contribution is -2.15. The highest BCUT2D eigenvalue weighted by Gasteiger charge is 2.11. The number of hydrogen-bond donors (Lipinski definition) is 1. The Morgan fingerprint density at radius 1 is 1.25 bits per heavy atom. The van der Waals surface area contributed by atoms with Crippen LogP contribution in [0.25, 0.3) is 0 Å². The lowest BCUT2D eigenvalue weighted by Gasteiger charge is -2.12. The molecular weight excluding hydrogens is 248 g/mol. The fourth-order valence-corrected chi connectivity index (χ4v) is 2.58. The lowest BCUT2D eigenvalue weighted by molar-refractivity contribution is 0.162. The van der Waals surface area contributed by atoms with Crippen LogP contribution in [0.2, 0.25) is 0 Å².